The van der Waals surface area contributed by atoms with Gasteiger partial charge in [-0.2, -0.15) is 0 Å². The van der Waals surface area contributed by atoms with Crippen molar-refractivity contribution in [2.75, 3.05) is 26.2 Å². The Morgan fingerprint density at radius 3 is 2.65 bits per heavy atom. The number of hydrogen-bond acceptors (Lipinski definition) is 3. The number of likely N-dealkylation sites (tertiary alicyclic amines) is 1. The molecule has 3 fully saturated rings. The number of nitrogens with zero attached hydrogens (tertiary/aromatic N) is 2. The molecule has 1 aliphatic heterocycles. The lowest BCUT2D eigenvalue weighted by molar-refractivity contribution is -0.129. The largest absolute Gasteiger partial charge is 0.378 e. The van der Waals surface area contributed by atoms with Gasteiger partial charge in [0.15, 0.2) is 5.96 Å². The zero-order chi connectivity index (χ0) is 18.6. The van der Waals surface area contributed by atoms with Crippen LogP contribution in [0.25, 0.3) is 0 Å². The average Bonchev–Trinajstić information content (AvgIpc) is 3.31. The van der Waals surface area contributed by atoms with Crippen LogP contribution < -0.4 is 10.6 Å². The molecule has 6 heteroatoms. The highest BCUT2D eigenvalue weighted by Crippen LogP contribution is 2.54. The number of carbonyl (C=O) groups is 1. The summed E-state index contributed by atoms with van der Waals surface area (Å²) in [6, 6.07) is 0.750. The predicted molar refractivity (Wildman–Crippen MR) is 104 cm³/mol. The van der Waals surface area contributed by atoms with Gasteiger partial charge in [0.1, 0.15) is 0 Å². The molecule has 1 heterocycles. The molecule has 148 valence electrons. The van der Waals surface area contributed by atoms with Crippen LogP contribution in [0.5, 0.6) is 0 Å². The molecule has 0 aromatic heterocycles. The molecule has 3 rings (SSSR count). The van der Waals surface area contributed by atoms with Crippen LogP contribution in [0.4, 0.5) is 0 Å². The van der Waals surface area contributed by atoms with Crippen molar-refractivity contribution in [3.63, 3.8) is 0 Å². The van der Waals surface area contributed by atoms with Crippen LogP contribution in [0.3, 0.4) is 0 Å². The fourth-order valence-corrected chi connectivity index (χ4v) is 5.07. The Morgan fingerprint density at radius 1 is 1.23 bits per heavy atom. The number of guanidine groups is 1. The van der Waals surface area contributed by atoms with E-state index in [9.17, 15) is 4.79 Å². The lowest BCUT2D eigenvalue weighted by Gasteiger charge is -2.54. The molecule has 0 radical (unpaired) electrons. The lowest BCUT2D eigenvalue weighted by atomic mass is 9.60. The van der Waals surface area contributed by atoms with Crippen LogP contribution in [-0.2, 0) is 9.53 Å². The van der Waals surface area contributed by atoms with E-state index in [0.717, 1.165) is 45.0 Å². The maximum atomic E-state index is 11.9. The van der Waals surface area contributed by atoms with Crippen molar-refractivity contribution < 1.29 is 9.53 Å². The van der Waals surface area contributed by atoms with Crippen molar-refractivity contribution in [1.82, 2.24) is 15.5 Å². The van der Waals surface area contributed by atoms with Crippen molar-refractivity contribution in [3.8, 4) is 0 Å². The maximum absolute atomic E-state index is 11.9. The van der Waals surface area contributed by atoms with Gasteiger partial charge in [-0.15, -0.1) is 0 Å². The van der Waals surface area contributed by atoms with Crippen LogP contribution in [0.1, 0.15) is 65.7 Å². The van der Waals surface area contributed by atoms with Gasteiger partial charge in [-0.25, -0.2) is 0 Å². The Hall–Kier alpha value is -1.30. The second-order valence-corrected chi connectivity index (χ2v) is 7.96. The smallest absolute Gasteiger partial charge is 0.222 e. The van der Waals surface area contributed by atoms with Gasteiger partial charge in [0.05, 0.1) is 6.10 Å². The van der Waals surface area contributed by atoms with E-state index in [-0.39, 0.29) is 5.91 Å². The Morgan fingerprint density at radius 2 is 2.00 bits per heavy atom. The summed E-state index contributed by atoms with van der Waals surface area (Å²) < 4.78 is 6.03. The highest BCUT2D eigenvalue weighted by molar-refractivity contribution is 5.81. The summed E-state index contributed by atoms with van der Waals surface area (Å²) in [7, 11) is 0. The maximum Gasteiger partial charge on any atom is 0.222 e. The Balaban J connectivity index is 1.58. The van der Waals surface area contributed by atoms with E-state index >= 15 is 0 Å². The first kappa shape index (κ1) is 19.5. The summed E-state index contributed by atoms with van der Waals surface area (Å²) in [5.41, 5.74) is 0.298. The predicted octanol–water partition coefficient (Wildman–Crippen LogP) is 2.29. The van der Waals surface area contributed by atoms with Gasteiger partial charge in [-0.05, 0) is 39.5 Å². The second-order valence-electron chi connectivity index (χ2n) is 7.96. The number of hydrogen-bond donors (Lipinski definition) is 2. The standard InChI is InChI=1S/C20H36N4O2/c1-4-18(25)24-12-9-15(14-24)22-19(21-5-2)23-16-13-17(26-6-3)20(16)10-7-8-11-20/h15-17H,4-14H2,1-3H3,(H2,21,22,23). The molecule has 1 spiro atoms. The molecular weight excluding hydrogens is 328 g/mol. The van der Waals surface area contributed by atoms with Gasteiger partial charge in [-0.3, -0.25) is 9.79 Å². The fourth-order valence-electron chi connectivity index (χ4n) is 5.07. The van der Waals surface area contributed by atoms with Crippen LogP contribution in [-0.4, -0.2) is 61.2 Å². The van der Waals surface area contributed by atoms with Crippen molar-refractivity contribution in [2.45, 2.75) is 83.9 Å². The zero-order valence-electron chi connectivity index (χ0n) is 16.7. The minimum Gasteiger partial charge on any atom is -0.378 e. The number of amides is 1. The molecular formula is C20H36N4O2. The molecule has 6 nitrogen and oxygen atoms in total. The SMILES string of the molecule is CCN=C(NC1CCN(C(=O)CC)C1)NC1CC(OCC)C12CCCC2. The molecule has 26 heavy (non-hydrogen) atoms. The van der Waals surface area contributed by atoms with E-state index in [4.69, 9.17) is 4.74 Å². The highest BCUT2D eigenvalue weighted by Gasteiger charge is 2.57. The van der Waals surface area contributed by atoms with Gasteiger partial charge in [0.25, 0.3) is 0 Å². The minimum atomic E-state index is 0.250. The molecule has 3 atom stereocenters. The first-order chi connectivity index (χ1) is 12.6. The number of aliphatic imine (C=N–C) groups is 1. The van der Waals surface area contributed by atoms with E-state index < -0.39 is 0 Å². The van der Waals surface area contributed by atoms with E-state index in [2.05, 4.69) is 29.5 Å². The zero-order valence-corrected chi connectivity index (χ0v) is 16.7. The summed E-state index contributed by atoms with van der Waals surface area (Å²) in [4.78, 5) is 18.6. The third-order valence-corrected chi connectivity index (χ3v) is 6.50. The van der Waals surface area contributed by atoms with Crippen molar-refractivity contribution in [1.29, 1.82) is 0 Å². The summed E-state index contributed by atoms with van der Waals surface area (Å²) in [5, 5.41) is 7.30. The Labute approximate surface area is 158 Å². The quantitative estimate of drug-likeness (QED) is 0.561. The van der Waals surface area contributed by atoms with Crippen molar-refractivity contribution in [2.24, 2.45) is 10.4 Å². The van der Waals surface area contributed by atoms with Crippen LogP contribution in [0, 0.1) is 5.41 Å². The van der Waals surface area contributed by atoms with E-state index in [1.165, 1.54) is 25.7 Å². The minimum absolute atomic E-state index is 0.250. The number of rotatable bonds is 6. The molecule has 3 unspecified atom stereocenters. The summed E-state index contributed by atoms with van der Waals surface area (Å²) in [6.45, 7) is 9.29. The normalized spacial score (nSPS) is 30.5. The molecule has 3 aliphatic rings. The van der Waals surface area contributed by atoms with Gasteiger partial charge in [-0.1, -0.05) is 19.8 Å². The second kappa shape index (κ2) is 8.59. The van der Waals surface area contributed by atoms with Gasteiger partial charge in [0, 0.05) is 50.2 Å². The summed E-state index contributed by atoms with van der Waals surface area (Å²) in [5.74, 6) is 1.16. The Kier molecular flexibility index (Phi) is 6.43. The van der Waals surface area contributed by atoms with E-state index in [1.54, 1.807) is 0 Å². The van der Waals surface area contributed by atoms with E-state index in [0.29, 0.717) is 30.0 Å². The molecule has 1 amide bonds. The summed E-state index contributed by atoms with van der Waals surface area (Å²) >= 11 is 0. The highest BCUT2D eigenvalue weighted by atomic mass is 16.5. The number of nitrogens with one attached hydrogen (secondary N) is 2. The van der Waals surface area contributed by atoms with Crippen LogP contribution >= 0.6 is 0 Å². The van der Waals surface area contributed by atoms with Crippen LogP contribution in [0.2, 0.25) is 0 Å². The Bertz CT molecular complexity index is 516. The van der Waals surface area contributed by atoms with Crippen LogP contribution in [0.15, 0.2) is 4.99 Å². The molecule has 2 aliphatic carbocycles. The van der Waals surface area contributed by atoms with Gasteiger partial charge < -0.3 is 20.3 Å². The van der Waals surface area contributed by atoms with E-state index in [1.807, 2.05) is 11.8 Å². The van der Waals surface area contributed by atoms with Crippen molar-refractivity contribution >= 4 is 11.9 Å². The molecule has 2 saturated carbocycles. The molecule has 1 saturated heterocycles. The van der Waals surface area contributed by atoms with Crippen molar-refractivity contribution in [3.05, 3.63) is 0 Å². The first-order valence-corrected chi connectivity index (χ1v) is 10.6. The monoisotopic (exact) mass is 364 g/mol. The molecule has 0 aromatic carbocycles. The third-order valence-electron chi connectivity index (χ3n) is 6.50. The van der Waals surface area contributed by atoms with Gasteiger partial charge >= 0.3 is 0 Å². The summed E-state index contributed by atoms with van der Waals surface area (Å²) in [6.07, 6.45) is 8.20. The fraction of sp³-hybridized carbons (Fsp3) is 0.900. The third kappa shape index (κ3) is 3.85. The average molecular weight is 365 g/mol. The molecule has 0 bridgehead atoms. The molecule has 2 N–H and O–H groups in total. The number of carbonyl (C=O) groups excluding carboxylic acids is 1. The molecule has 0 aromatic rings. The number of ether oxygens (including phenoxy) is 1. The topological polar surface area (TPSA) is 66.0 Å². The first-order valence-electron chi connectivity index (χ1n) is 10.6. The van der Waals surface area contributed by atoms with Gasteiger partial charge in [0.2, 0.25) is 5.91 Å². The lowest BCUT2D eigenvalue weighted by Crippen LogP contribution is -2.65.